The first kappa shape index (κ1) is 15.5. The first-order valence-electron chi connectivity index (χ1n) is 7.35. The molecule has 0 spiro atoms. The Hall–Kier alpha value is -0.875. The molecule has 1 fully saturated rings. The third kappa shape index (κ3) is 4.60. The van der Waals surface area contributed by atoms with Gasteiger partial charge in [-0.1, -0.05) is 30.4 Å². The van der Waals surface area contributed by atoms with Crippen LogP contribution in [0.3, 0.4) is 0 Å². The van der Waals surface area contributed by atoms with Crippen LogP contribution in [-0.2, 0) is 9.47 Å². The van der Waals surface area contributed by atoms with E-state index in [-0.39, 0.29) is 12.4 Å². The van der Waals surface area contributed by atoms with Gasteiger partial charge < -0.3 is 19.5 Å². The van der Waals surface area contributed by atoms with Gasteiger partial charge in [0.2, 0.25) is 0 Å². The summed E-state index contributed by atoms with van der Waals surface area (Å²) in [6, 6.07) is 0. The maximum Gasteiger partial charge on any atom is 0.488 e. The van der Waals surface area contributed by atoms with E-state index in [9.17, 15) is 10.0 Å². The Morgan fingerprint density at radius 2 is 2.15 bits per heavy atom. The van der Waals surface area contributed by atoms with Crippen molar-refractivity contribution < 1.29 is 19.5 Å². The average Bonchev–Trinajstić information content (AvgIpc) is 2.52. The van der Waals surface area contributed by atoms with Crippen molar-refractivity contribution in [3.05, 3.63) is 35.9 Å². The Bertz CT molecular complexity index is 383. The number of ether oxygens (including phenoxy) is 2. The summed E-state index contributed by atoms with van der Waals surface area (Å²) in [6.45, 7) is 4.71. The lowest BCUT2D eigenvalue weighted by Crippen LogP contribution is -2.28. The van der Waals surface area contributed by atoms with Crippen LogP contribution in [-0.4, -0.2) is 36.2 Å². The highest BCUT2D eigenvalue weighted by atomic mass is 16.7. The van der Waals surface area contributed by atoms with Gasteiger partial charge in [0.1, 0.15) is 0 Å². The molecule has 0 aromatic heterocycles. The van der Waals surface area contributed by atoms with Crippen molar-refractivity contribution in [2.45, 2.75) is 50.9 Å². The normalized spacial score (nSPS) is 32.5. The molecule has 2 aliphatic rings. The second-order valence-electron chi connectivity index (χ2n) is 5.36. The third-order valence-electron chi connectivity index (χ3n) is 3.75. The topological polar surface area (TPSA) is 58.9 Å². The summed E-state index contributed by atoms with van der Waals surface area (Å²) in [5, 5.41) is 18.6. The van der Waals surface area contributed by atoms with Gasteiger partial charge in [-0.05, 0) is 44.0 Å². The van der Waals surface area contributed by atoms with Crippen LogP contribution in [0.2, 0.25) is 0 Å². The molecule has 4 nitrogen and oxygen atoms in total. The number of hydrogen-bond acceptors (Lipinski definition) is 4. The van der Waals surface area contributed by atoms with Crippen LogP contribution in [0.15, 0.2) is 35.9 Å². The van der Waals surface area contributed by atoms with Crippen LogP contribution in [0.5, 0.6) is 0 Å². The van der Waals surface area contributed by atoms with E-state index in [0.717, 1.165) is 44.3 Å². The number of allylic oxidation sites excluding steroid dienone is 4. The fraction of sp³-hybridized carbons (Fsp3) is 0.600. The van der Waals surface area contributed by atoms with E-state index in [1.165, 1.54) is 0 Å². The molecule has 1 unspecified atom stereocenters. The summed E-state index contributed by atoms with van der Waals surface area (Å²) in [5.41, 5.74) is 1.24. The Kier molecular flexibility index (Phi) is 6.04. The van der Waals surface area contributed by atoms with Gasteiger partial charge in [0.25, 0.3) is 0 Å². The summed E-state index contributed by atoms with van der Waals surface area (Å²) in [5.74, 6) is 0. The van der Waals surface area contributed by atoms with Crippen molar-refractivity contribution in [1.29, 1.82) is 0 Å². The van der Waals surface area contributed by atoms with Crippen molar-refractivity contribution in [3.63, 3.8) is 0 Å². The zero-order valence-electron chi connectivity index (χ0n) is 11.8. The molecule has 20 heavy (non-hydrogen) atoms. The maximum atomic E-state index is 9.32. The summed E-state index contributed by atoms with van der Waals surface area (Å²) in [7, 11) is -1.47. The average molecular weight is 278 g/mol. The number of rotatable bonds is 3. The van der Waals surface area contributed by atoms with Gasteiger partial charge in [-0.3, -0.25) is 0 Å². The Morgan fingerprint density at radius 3 is 2.85 bits per heavy atom. The molecular weight excluding hydrogens is 255 g/mol. The van der Waals surface area contributed by atoms with E-state index in [0.29, 0.717) is 11.9 Å². The molecule has 0 bridgehead atoms. The highest BCUT2D eigenvalue weighted by molar-refractivity contribution is 6.52. The van der Waals surface area contributed by atoms with E-state index in [2.05, 4.69) is 6.58 Å². The van der Waals surface area contributed by atoms with E-state index >= 15 is 0 Å². The zero-order valence-corrected chi connectivity index (χ0v) is 11.8. The SMILES string of the molecule is C=C1CC[C@H](OC2CCCCO2)C/C=C\C=C/1B(O)O. The molecule has 1 heterocycles. The van der Waals surface area contributed by atoms with Gasteiger partial charge in [-0.2, -0.15) is 0 Å². The zero-order chi connectivity index (χ0) is 14.4. The Balaban J connectivity index is 1.91. The highest BCUT2D eigenvalue weighted by Gasteiger charge is 2.22. The monoisotopic (exact) mass is 278 g/mol. The van der Waals surface area contributed by atoms with Gasteiger partial charge >= 0.3 is 7.12 Å². The lowest BCUT2D eigenvalue weighted by Gasteiger charge is -2.27. The summed E-state index contributed by atoms with van der Waals surface area (Å²) < 4.78 is 11.6. The van der Waals surface area contributed by atoms with Crippen LogP contribution in [0, 0.1) is 0 Å². The lowest BCUT2D eigenvalue weighted by molar-refractivity contribution is -0.188. The molecule has 5 heteroatoms. The van der Waals surface area contributed by atoms with E-state index in [4.69, 9.17) is 9.47 Å². The second-order valence-corrected chi connectivity index (χ2v) is 5.36. The second kappa shape index (κ2) is 7.79. The fourth-order valence-corrected chi connectivity index (χ4v) is 2.54. The maximum absolute atomic E-state index is 9.32. The molecule has 1 aliphatic heterocycles. The summed E-state index contributed by atoms with van der Waals surface area (Å²) in [4.78, 5) is 0. The summed E-state index contributed by atoms with van der Waals surface area (Å²) in [6.07, 6.45) is 11.1. The molecule has 0 aromatic rings. The van der Waals surface area contributed by atoms with Crippen LogP contribution >= 0.6 is 0 Å². The van der Waals surface area contributed by atoms with Crippen molar-refractivity contribution >= 4 is 7.12 Å². The minimum atomic E-state index is -1.47. The van der Waals surface area contributed by atoms with Gasteiger partial charge in [0.15, 0.2) is 6.29 Å². The molecule has 0 saturated carbocycles. The molecule has 0 amide bonds. The minimum absolute atomic E-state index is 0.0907. The Labute approximate surface area is 120 Å². The van der Waals surface area contributed by atoms with Crippen molar-refractivity contribution in [1.82, 2.24) is 0 Å². The molecule has 0 aromatic carbocycles. The lowest BCUT2D eigenvalue weighted by atomic mass is 9.74. The van der Waals surface area contributed by atoms with Crippen LogP contribution < -0.4 is 0 Å². The smallest absolute Gasteiger partial charge is 0.423 e. The predicted molar refractivity (Wildman–Crippen MR) is 78.9 cm³/mol. The quantitative estimate of drug-likeness (QED) is 0.776. The molecule has 0 radical (unpaired) electrons. The van der Waals surface area contributed by atoms with Crippen molar-refractivity contribution in [2.75, 3.05) is 6.61 Å². The number of hydrogen-bond donors (Lipinski definition) is 2. The molecule has 2 atom stereocenters. The molecular formula is C15H23BO4. The summed E-state index contributed by atoms with van der Waals surface area (Å²) >= 11 is 0. The molecule has 1 aliphatic carbocycles. The molecule has 2 rings (SSSR count). The van der Waals surface area contributed by atoms with Crippen molar-refractivity contribution in [2.24, 2.45) is 0 Å². The van der Waals surface area contributed by atoms with E-state index < -0.39 is 7.12 Å². The first-order chi connectivity index (χ1) is 9.66. The molecule has 2 N–H and O–H groups in total. The van der Waals surface area contributed by atoms with Gasteiger partial charge in [0.05, 0.1) is 6.10 Å². The van der Waals surface area contributed by atoms with E-state index in [1.807, 2.05) is 12.2 Å². The van der Waals surface area contributed by atoms with Gasteiger partial charge in [0, 0.05) is 6.61 Å². The predicted octanol–water partition coefficient (Wildman–Crippen LogP) is 2.13. The van der Waals surface area contributed by atoms with Crippen LogP contribution in [0.1, 0.15) is 38.5 Å². The highest BCUT2D eigenvalue weighted by Crippen LogP contribution is 2.24. The molecule has 1 saturated heterocycles. The fourth-order valence-electron chi connectivity index (χ4n) is 2.54. The standard InChI is InChI=1S/C15H23BO4/c1-12-9-10-13(20-15-8-4-5-11-19-15)6-2-3-7-14(12)16(17)18/h2-3,7,13,15,17-18H,1,4-6,8-11H2/b3-2-,14-7+/t13-,15?/m1/s1. The van der Waals surface area contributed by atoms with Crippen LogP contribution in [0.4, 0.5) is 0 Å². The molecule has 110 valence electrons. The third-order valence-corrected chi connectivity index (χ3v) is 3.75. The van der Waals surface area contributed by atoms with Crippen molar-refractivity contribution in [3.8, 4) is 0 Å². The van der Waals surface area contributed by atoms with Gasteiger partial charge in [-0.15, -0.1) is 0 Å². The Morgan fingerprint density at radius 1 is 1.30 bits per heavy atom. The van der Waals surface area contributed by atoms with Gasteiger partial charge in [-0.25, -0.2) is 0 Å². The minimum Gasteiger partial charge on any atom is -0.423 e. The first-order valence-corrected chi connectivity index (χ1v) is 7.35. The largest absolute Gasteiger partial charge is 0.488 e. The van der Waals surface area contributed by atoms with E-state index in [1.54, 1.807) is 6.08 Å². The van der Waals surface area contributed by atoms with Crippen LogP contribution in [0.25, 0.3) is 0 Å².